The Balaban J connectivity index is 0.000000107. The van der Waals surface area contributed by atoms with Crippen LogP contribution >= 0.6 is 0 Å². The minimum Gasteiger partial charge on any atom is -0.238 e. The zero-order chi connectivity index (χ0) is 60.9. The van der Waals surface area contributed by atoms with Crippen LogP contribution in [-0.4, -0.2) is 18.7 Å². The molecule has 0 N–H and O–H groups in total. The van der Waals surface area contributed by atoms with Crippen LogP contribution in [0.3, 0.4) is 0 Å². The summed E-state index contributed by atoms with van der Waals surface area (Å²) in [6, 6.07) is 42.4. The van der Waals surface area contributed by atoms with Crippen molar-refractivity contribution in [1.29, 1.82) is 21.0 Å². The molecule has 0 saturated heterocycles. The van der Waals surface area contributed by atoms with Crippen LogP contribution in [0.2, 0.25) is 0 Å². The van der Waals surface area contributed by atoms with Gasteiger partial charge in [-0.05, 0) is 155 Å². The molecule has 8 aromatic carbocycles. The van der Waals surface area contributed by atoms with Gasteiger partial charge < -0.3 is 0 Å². The van der Waals surface area contributed by atoms with E-state index in [2.05, 4.69) is 184 Å². The largest absolute Gasteiger partial charge is 0.238 e. The van der Waals surface area contributed by atoms with Crippen molar-refractivity contribution in [2.75, 3.05) is 0 Å². The molecule has 0 aliphatic carbocycles. The summed E-state index contributed by atoms with van der Waals surface area (Å²) in [6.45, 7) is 46.9. The van der Waals surface area contributed by atoms with Crippen LogP contribution in [0.25, 0.3) is 85.7 Å². The fraction of sp³-hybridized carbons (Fsp3) is 0.155. The van der Waals surface area contributed by atoms with Gasteiger partial charge in [-0.3, -0.25) is 0 Å². The zero-order valence-electron chi connectivity index (χ0n) is 48.6. The van der Waals surface area contributed by atoms with E-state index in [1.807, 2.05) is 49.1 Å². The van der Waals surface area contributed by atoms with E-state index in [0.29, 0.717) is 45.0 Å². The van der Waals surface area contributed by atoms with Crippen LogP contribution in [0.1, 0.15) is 83.5 Å². The monoisotopic (exact) mass is 1130 g/mol. The number of para-hydroxylation sites is 1. The maximum atomic E-state index is 9.36. The number of hydrogen-bond donors (Lipinski definition) is 0. The van der Waals surface area contributed by atoms with Gasteiger partial charge in [-0.25, -0.2) is 19.4 Å². The summed E-state index contributed by atoms with van der Waals surface area (Å²) in [5, 5.41) is 41.0. The summed E-state index contributed by atoms with van der Waals surface area (Å²) in [4.78, 5) is 14.0. The van der Waals surface area contributed by atoms with E-state index < -0.39 is 0 Å². The molecule has 16 rings (SSSR count). The van der Waals surface area contributed by atoms with Gasteiger partial charge in [0.1, 0.15) is 44.8 Å². The molecule has 12 aromatic rings. The van der Waals surface area contributed by atoms with E-state index in [1.54, 1.807) is 24.3 Å². The first-order valence-corrected chi connectivity index (χ1v) is 28.0. The van der Waals surface area contributed by atoms with Crippen LogP contribution in [0, 0.1) is 120 Å². The molecule has 0 bridgehead atoms. The Kier molecular flexibility index (Phi) is 12.7. The number of hydrogen-bond acceptors (Lipinski definition) is 4. The molecule has 410 valence electrons. The lowest BCUT2D eigenvalue weighted by atomic mass is 10.0. The molecule has 0 atom stereocenters. The molecule has 16 nitrogen and oxygen atoms in total. The molecule has 0 saturated carbocycles. The number of aromatic nitrogens is 8. The van der Waals surface area contributed by atoms with Gasteiger partial charge in [0.15, 0.2) is 48.9 Å². The molecule has 4 aromatic heterocycles. The van der Waals surface area contributed by atoms with E-state index >= 15 is 0 Å². The first kappa shape index (κ1) is 53.8. The van der Waals surface area contributed by atoms with Gasteiger partial charge in [0, 0.05) is 16.7 Å². The Morgan fingerprint density at radius 3 is 1.24 bits per heavy atom. The second-order valence-corrected chi connectivity index (χ2v) is 22.6. The number of fused-ring (bicyclic) bond motifs is 20. The number of nitriles is 4. The smallest absolute Gasteiger partial charge is 0.205 e. The maximum absolute atomic E-state index is 9.36. The zero-order valence-corrected chi connectivity index (χ0v) is 48.6. The van der Waals surface area contributed by atoms with Gasteiger partial charge in [0.2, 0.25) is 24.8 Å². The van der Waals surface area contributed by atoms with E-state index in [-0.39, 0.29) is 0 Å². The molecular formula is C71H50N16+4. The lowest BCUT2D eigenvalue weighted by Gasteiger charge is -2.05. The lowest BCUT2D eigenvalue weighted by molar-refractivity contribution is -0.749. The van der Waals surface area contributed by atoms with E-state index in [4.69, 9.17) is 26.3 Å². The van der Waals surface area contributed by atoms with E-state index in [0.717, 1.165) is 81.2 Å². The third-order valence-corrected chi connectivity index (χ3v) is 17.0. The Hall–Kier alpha value is -12.4. The summed E-state index contributed by atoms with van der Waals surface area (Å²) in [6.07, 6.45) is 8.03. The highest BCUT2D eigenvalue weighted by molar-refractivity contribution is 5.92. The summed E-state index contributed by atoms with van der Waals surface area (Å²) in [5.41, 5.74) is 26.4. The maximum Gasteiger partial charge on any atom is 0.205 e. The molecule has 0 spiro atoms. The Labute approximate surface area is 501 Å². The van der Waals surface area contributed by atoms with Crippen molar-refractivity contribution in [2.45, 2.75) is 74.6 Å². The number of benzene rings is 8. The van der Waals surface area contributed by atoms with Gasteiger partial charge in [-0.2, -0.15) is 21.0 Å². The van der Waals surface area contributed by atoms with E-state index in [1.165, 1.54) is 72.6 Å². The Morgan fingerprint density at radius 1 is 0.368 bits per heavy atom. The van der Waals surface area contributed by atoms with Gasteiger partial charge in [0.25, 0.3) is 0 Å². The molecule has 0 unspecified atom stereocenters. The Morgan fingerprint density at radius 2 is 0.759 bits per heavy atom. The third-order valence-electron chi connectivity index (χ3n) is 17.0. The van der Waals surface area contributed by atoms with Crippen molar-refractivity contribution in [2.24, 2.45) is 0 Å². The lowest BCUT2D eigenvalue weighted by Crippen LogP contribution is -2.36. The molecule has 4 aliphatic heterocycles. The second-order valence-electron chi connectivity index (χ2n) is 22.6. The van der Waals surface area contributed by atoms with Crippen molar-refractivity contribution in [3.05, 3.63) is 257 Å². The second kappa shape index (κ2) is 20.5. The first-order valence-electron chi connectivity index (χ1n) is 28.0. The first-order chi connectivity index (χ1) is 42.1. The molecular weight excluding hydrogens is 1080 g/mol. The average Bonchev–Trinajstić information content (AvgIpc) is 1.98. The third kappa shape index (κ3) is 8.58. The highest BCUT2D eigenvalue weighted by Gasteiger charge is 2.35. The minimum absolute atomic E-state index is 0.502. The number of aryl methyl sites for hydroxylation is 7. The van der Waals surface area contributed by atoms with Gasteiger partial charge in [-0.1, -0.05) is 35.9 Å². The van der Waals surface area contributed by atoms with Crippen LogP contribution in [0.5, 0.6) is 0 Å². The fourth-order valence-electron chi connectivity index (χ4n) is 13.1. The van der Waals surface area contributed by atoms with Crippen LogP contribution in [0.15, 0.2) is 128 Å². The fourth-order valence-corrected chi connectivity index (χ4v) is 13.1. The molecule has 16 heteroatoms. The quantitative estimate of drug-likeness (QED) is 0.110. The van der Waals surface area contributed by atoms with Crippen molar-refractivity contribution in [3.63, 3.8) is 0 Å². The van der Waals surface area contributed by atoms with Crippen LogP contribution in [0.4, 0.5) is 22.7 Å². The predicted octanol–water partition coefficient (Wildman–Crippen LogP) is 13.0. The molecule has 87 heavy (non-hydrogen) atoms. The summed E-state index contributed by atoms with van der Waals surface area (Å²) >= 11 is 0. The van der Waals surface area contributed by atoms with Gasteiger partial charge >= 0.3 is 0 Å². The van der Waals surface area contributed by atoms with Crippen molar-refractivity contribution in [1.82, 2.24) is 18.7 Å². The summed E-state index contributed by atoms with van der Waals surface area (Å²) in [5.74, 6) is 0. The molecule has 8 heterocycles. The minimum atomic E-state index is 0.502. The Bertz CT molecular complexity index is 5480. The van der Waals surface area contributed by atoms with Gasteiger partial charge in [-0.15, -0.1) is 37.5 Å². The average molecular weight is 1130 g/mol. The standard InChI is InChI=1S/3C18H13N4.C17H11N4/c1-11-4-14-9-21-10-16-13(8-19)6-15(20-3)7-18(16)22(21)17(14)5-12(11)2;1-11-4-12(2)15-9-21-10-16-13(8-19)6-14(20-3)7-18(16)22(21)17(15)5-11;1-11-4-12(2)18-14(5-11)9-21-10-16-13(8-19)6-15(20-3)7-17(16)22(18)21;1-11-4-3-5-12-9-20-10-15-13(8-18)6-14(19-2)7-16(15)21(20)17(11)12/h3*4-7,10H,9H2,1-2H3;3-7,10H,9H2,1H3/q4*+1. The van der Waals surface area contributed by atoms with Crippen molar-refractivity contribution >= 4 is 66.4 Å². The number of rotatable bonds is 0. The van der Waals surface area contributed by atoms with E-state index in [9.17, 15) is 21.0 Å². The van der Waals surface area contributed by atoms with Gasteiger partial charge in [0.05, 0.1) is 99.9 Å². The highest BCUT2D eigenvalue weighted by atomic mass is 15.4. The molecule has 4 aliphatic rings. The predicted molar refractivity (Wildman–Crippen MR) is 327 cm³/mol. The van der Waals surface area contributed by atoms with Crippen molar-refractivity contribution < 1.29 is 18.7 Å². The van der Waals surface area contributed by atoms with Crippen LogP contribution < -0.4 is 18.7 Å². The normalized spacial score (nSPS) is 11.8. The molecule has 0 radical (unpaired) electrons. The highest BCUT2D eigenvalue weighted by Crippen LogP contribution is 2.37. The number of nitrogens with zero attached hydrogens (tertiary/aromatic N) is 16. The SMILES string of the molecule is [C-]#[N+]c1cc(C#N)c2c[n+]3n(c2c1)-c1c(C)cc(C)cc1C3.[C-]#[N+]c1cc(C#N)c2c[n+]3n(c2c1)-c1c(C)cccc1C3.[C-]#[N+]c1cc(C#N)c2c[n+]3n(c2c1)-c1cc(C)c(C)cc1C3.[C-]#[N+]c1cc(C#N)c2c[n+]3n(c2c1)-c1cc(C)cc(C)c1C3. The van der Waals surface area contributed by atoms with Crippen molar-refractivity contribution in [3.8, 4) is 47.0 Å². The summed E-state index contributed by atoms with van der Waals surface area (Å²) in [7, 11) is 0. The molecule has 0 fully saturated rings. The summed E-state index contributed by atoms with van der Waals surface area (Å²) < 4.78 is 17.0. The topological polar surface area (TPSA) is 148 Å². The van der Waals surface area contributed by atoms with Crippen LogP contribution in [-0.2, 0) is 26.2 Å². The molecule has 0 amide bonds.